The van der Waals surface area contributed by atoms with Gasteiger partial charge in [-0.15, -0.1) is 0 Å². The van der Waals surface area contributed by atoms with Crippen LogP contribution >= 0.6 is 0 Å². The largest absolute Gasteiger partial charge is 0.507 e. The third-order valence-corrected chi connectivity index (χ3v) is 4.97. The molecule has 108 valence electrons. The molecule has 3 nitrogen and oxygen atoms in total. The molecule has 3 rings (SSSR count). The van der Waals surface area contributed by atoms with Crippen LogP contribution in [0.4, 0.5) is 0 Å². The molecular formula is C17H23NO2. The number of aldehydes is 1. The number of hydrogen-bond acceptors (Lipinski definition) is 3. The zero-order chi connectivity index (χ0) is 14.1. The zero-order valence-corrected chi connectivity index (χ0v) is 12.1. The Labute approximate surface area is 120 Å². The van der Waals surface area contributed by atoms with Gasteiger partial charge in [-0.05, 0) is 68.3 Å². The van der Waals surface area contributed by atoms with Gasteiger partial charge in [-0.25, -0.2) is 0 Å². The van der Waals surface area contributed by atoms with Gasteiger partial charge in [0.1, 0.15) is 5.75 Å². The SMILES string of the molecule is CCCN1CCC[C@H]2c3ccc(C=O)c(O)c3CC[C@@H]21. The number of aromatic hydroxyl groups is 1. The highest BCUT2D eigenvalue weighted by Crippen LogP contribution is 2.43. The third kappa shape index (κ3) is 2.14. The van der Waals surface area contributed by atoms with E-state index in [1.54, 1.807) is 6.07 Å². The lowest BCUT2D eigenvalue weighted by atomic mass is 9.73. The summed E-state index contributed by atoms with van der Waals surface area (Å²) >= 11 is 0. The summed E-state index contributed by atoms with van der Waals surface area (Å²) in [7, 11) is 0. The zero-order valence-electron chi connectivity index (χ0n) is 12.1. The average molecular weight is 273 g/mol. The molecule has 1 heterocycles. The maximum atomic E-state index is 11.0. The van der Waals surface area contributed by atoms with Crippen LogP contribution in [0.15, 0.2) is 12.1 Å². The molecule has 1 aliphatic carbocycles. The van der Waals surface area contributed by atoms with Gasteiger partial charge >= 0.3 is 0 Å². The Morgan fingerprint density at radius 1 is 1.40 bits per heavy atom. The molecule has 2 aliphatic rings. The fourth-order valence-corrected chi connectivity index (χ4v) is 4.11. The van der Waals surface area contributed by atoms with Gasteiger partial charge in [0.2, 0.25) is 0 Å². The Kier molecular flexibility index (Phi) is 3.79. The van der Waals surface area contributed by atoms with Crippen LogP contribution in [0.2, 0.25) is 0 Å². The van der Waals surface area contributed by atoms with Crippen molar-refractivity contribution in [1.82, 2.24) is 4.90 Å². The van der Waals surface area contributed by atoms with Crippen LogP contribution in [0, 0.1) is 0 Å². The maximum Gasteiger partial charge on any atom is 0.153 e. The van der Waals surface area contributed by atoms with Crippen LogP contribution in [-0.4, -0.2) is 35.4 Å². The highest BCUT2D eigenvalue weighted by atomic mass is 16.3. The molecule has 0 radical (unpaired) electrons. The number of likely N-dealkylation sites (tertiary alicyclic amines) is 1. The first kappa shape index (κ1) is 13.6. The maximum absolute atomic E-state index is 11.0. The van der Waals surface area contributed by atoms with Crippen molar-refractivity contribution in [3.05, 3.63) is 28.8 Å². The molecular weight excluding hydrogens is 250 g/mol. The highest BCUT2D eigenvalue weighted by molar-refractivity contribution is 5.80. The minimum absolute atomic E-state index is 0.226. The first-order valence-corrected chi connectivity index (χ1v) is 7.80. The lowest BCUT2D eigenvalue weighted by Gasteiger charge is -2.45. The van der Waals surface area contributed by atoms with Crippen molar-refractivity contribution in [2.75, 3.05) is 13.1 Å². The molecule has 20 heavy (non-hydrogen) atoms. The molecule has 1 fully saturated rings. The van der Waals surface area contributed by atoms with Gasteiger partial charge in [-0.2, -0.15) is 0 Å². The molecule has 0 amide bonds. The Hall–Kier alpha value is -1.35. The molecule has 1 N–H and O–H groups in total. The van der Waals surface area contributed by atoms with Gasteiger partial charge in [0.05, 0.1) is 5.56 Å². The monoisotopic (exact) mass is 273 g/mol. The molecule has 0 unspecified atom stereocenters. The second kappa shape index (κ2) is 5.57. The fraction of sp³-hybridized carbons (Fsp3) is 0.588. The van der Waals surface area contributed by atoms with E-state index in [0.29, 0.717) is 17.5 Å². The highest BCUT2D eigenvalue weighted by Gasteiger charge is 2.36. The molecule has 0 bridgehead atoms. The fourth-order valence-electron chi connectivity index (χ4n) is 4.11. The van der Waals surface area contributed by atoms with Gasteiger partial charge in [0.15, 0.2) is 6.29 Å². The van der Waals surface area contributed by atoms with Crippen molar-refractivity contribution in [1.29, 1.82) is 0 Å². The molecule has 1 aromatic rings. The quantitative estimate of drug-likeness (QED) is 0.860. The van der Waals surface area contributed by atoms with Crippen molar-refractivity contribution in [2.45, 2.75) is 51.0 Å². The number of piperidine rings is 1. The van der Waals surface area contributed by atoms with Crippen molar-refractivity contribution >= 4 is 6.29 Å². The number of benzene rings is 1. The van der Waals surface area contributed by atoms with Crippen LogP contribution in [0.5, 0.6) is 5.75 Å². The van der Waals surface area contributed by atoms with Crippen LogP contribution < -0.4 is 0 Å². The lowest BCUT2D eigenvalue weighted by molar-refractivity contribution is 0.110. The van der Waals surface area contributed by atoms with Crippen molar-refractivity contribution < 1.29 is 9.90 Å². The van der Waals surface area contributed by atoms with Crippen molar-refractivity contribution in [3.63, 3.8) is 0 Å². The second-order valence-electron chi connectivity index (χ2n) is 6.08. The predicted molar refractivity (Wildman–Crippen MR) is 79.4 cm³/mol. The van der Waals surface area contributed by atoms with E-state index >= 15 is 0 Å². The van der Waals surface area contributed by atoms with Crippen LogP contribution in [0.1, 0.15) is 60.0 Å². The Balaban J connectivity index is 1.96. The number of nitrogens with zero attached hydrogens (tertiary/aromatic N) is 1. The number of rotatable bonds is 3. The Morgan fingerprint density at radius 2 is 2.25 bits per heavy atom. The number of hydrogen-bond donors (Lipinski definition) is 1. The standard InChI is InChI=1S/C17H23NO2/c1-2-9-18-10-3-4-14-13-6-5-12(11-19)17(20)15(13)7-8-16(14)18/h5-6,11,14,16,20H,2-4,7-10H2,1H3/t14-,16-/m0/s1. The van der Waals surface area contributed by atoms with Gasteiger partial charge < -0.3 is 5.11 Å². The summed E-state index contributed by atoms with van der Waals surface area (Å²) < 4.78 is 0. The first-order valence-electron chi connectivity index (χ1n) is 7.80. The molecule has 2 atom stereocenters. The molecule has 0 aromatic heterocycles. The number of fused-ring (bicyclic) bond motifs is 3. The van der Waals surface area contributed by atoms with Crippen LogP contribution in [0.25, 0.3) is 0 Å². The number of carbonyl (C=O) groups excluding carboxylic acids is 1. The third-order valence-electron chi connectivity index (χ3n) is 4.97. The molecule has 1 saturated heterocycles. The molecule has 3 heteroatoms. The van der Waals surface area contributed by atoms with E-state index in [-0.39, 0.29) is 5.75 Å². The summed E-state index contributed by atoms with van der Waals surface area (Å²) in [6, 6.07) is 4.48. The molecule has 1 aromatic carbocycles. The smallest absolute Gasteiger partial charge is 0.153 e. The first-order chi connectivity index (χ1) is 9.76. The van der Waals surface area contributed by atoms with E-state index in [4.69, 9.17) is 0 Å². The summed E-state index contributed by atoms with van der Waals surface area (Å²) in [5, 5.41) is 10.2. The van der Waals surface area contributed by atoms with E-state index in [1.165, 1.54) is 37.9 Å². The van der Waals surface area contributed by atoms with E-state index < -0.39 is 0 Å². The van der Waals surface area contributed by atoms with Crippen LogP contribution in [0.3, 0.4) is 0 Å². The molecule has 0 saturated carbocycles. The van der Waals surface area contributed by atoms with Crippen molar-refractivity contribution in [2.24, 2.45) is 0 Å². The van der Waals surface area contributed by atoms with Crippen molar-refractivity contribution in [3.8, 4) is 5.75 Å². The number of carbonyl (C=O) groups is 1. The van der Waals surface area contributed by atoms with E-state index in [1.807, 2.05) is 0 Å². The Bertz CT molecular complexity index is 510. The summed E-state index contributed by atoms with van der Waals surface area (Å²) in [6.07, 6.45) is 6.39. The van der Waals surface area contributed by atoms with E-state index in [0.717, 1.165) is 24.7 Å². The summed E-state index contributed by atoms with van der Waals surface area (Å²) in [6.45, 7) is 4.63. The van der Waals surface area contributed by atoms with Gasteiger partial charge in [-0.3, -0.25) is 9.69 Å². The van der Waals surface area contributed by atoms with Crippen LogP contribution in [-0.2, 0) is 6.42 Å². The van der Waals surface area contributed by atoms with E-state index in [2.05, 4.69) is 17.9 Å². The minimum atomic E-state index is 0.226. The minimum Gasteiger partial charge on any atom is -0.507 e. The topological polar surface area (TPSA) is 40.5 Å². The predicted octanol–water partition coefficient (Wildman–Crippen LogP) is 3.11. The number of phenols is 1. The normalized spacial score (nSPS) is 25.9. The summed E-state index contributed by atoms with van der Waals surface area (Å²) in [4.78, 5) is 13.6. The van der Waals surface area contributed by atoms with Gasteiger partial charge in [0, 0.05) is 6.04 Å². The lowest BCUT2D eigenvalue weighted by Crippen LogP contribution is -2.46. The van der Waals surface area contributed by atoms with Gasteiger partial charge in [0.25, 0.3) is 0 Å². The average Bonchev–Trinajstić information content (AvgIpc) is 2.48. The molecule has 1 aliphatic heterocycles. The number of phenolic OH excluding ortho intramolecular Hbond substituents is 1. The van der Waals surface area contributed by atoms with E-state index in [9.17, 15) is 9.90 Å². The molecule has 0 spiro atoms. The second-order valence-corrected chi connectivity index (χ2v) is 6.08. The summed E-state index contributed by atoms with van der Waals surface area (Å²) in [5.74, 6) is 0.759. The van der Waals surface area contributed by atoms with Gasteiger partial charge in [-0.1, -0.05) is 13.0 Å². The Morgan fingerprint density at radius 3 is 3.00 bits per heavy atom. The summed E-state index contributed by atoms with van der Waals surface area (Å²) in [5.41, 5.74) is 2.74.